The molecule has 0 aliphatic carbocycles. The van der Waals surface area contributed by atoms with Crippen LogP contribution in [-0.2, 0) is 9.53 Å². The van der Waals surface area contributed by atoms with Crippen molar-refractivity contribution >= 4 is 40.5 Å². The predicted molar refractivity (Wildman–Crippen MR) is 124 cm³/mol. The summed E-state index contributed by atoms with van der Waals surface area (Å²) >= 11 is 6.42. The zero-order valence-corrected chi connectivity index (χ0v) is 17.6. The number of benzene rings is 2. The van der Waals surface area contributed by atoms with Gasteiger partial charge in [0.1, 0.15) is 0 Å². The monoisotopic (exact) mass is 435 g/mol. The fourth-order valence-corrected chi connectivity index (χ4v) is 3.53. The third kappa shape index (κ3) is 5.20. The number of halogens is 1. The topological polar surface area (TPSA) is 79.4 Å². The first-order valence-corrected chi connectivity index (χ1v) is 10.3. The van der Waals surface area contributed by atoms with Gasteiger partial charge in [-0.2, -0.15) is 0 Å². The minimum Gasteiger partial charge on any atom is -0.378 e. The molecule has 1 aliphatic heterocycles. The highest BCUT2D eigenvalue weighted by atomic mass is 35.5. The molecule has 0 bridgehead atoms. The van der Waals surface area contributed by atoms with E-state index in [0.717, 1.165) is 35.7 Å². The van der Waals surface area contributed by atoms with Crippen molar-refractivity contribution in [2.75, 3.05) is 41.8 Å². The average molecular weight is 436 g/mol. The number of aromatic nitrogens is 2. The van der Waals surface area contributed by atoms with Crippen molar-refractivity contribution in [2.24, 2.45) is 0 Å². The molecule has 158 valence electrons. The maximum Gasteiger partial charge on any atom is 0.247 e. The molecule has 1 fully saturated rings. The number of morpholine rings is 1. The fraction of sp³-hybridized carbons (Fsp3) is 0.174. The number of amides is 1. The summed E-state index contributed by atoms with van der Waals surface area (Å²) in [6, 6.07) is 15.0. The lowest BCUT2D eigenvalue weighted by Crippen LogP contribution is -2.36. The number of hydrogen-bond donors (Lipinski definition) is 2. The highest BCUT2D eigenvalue weighted by Crippen LogP contribution is 2.31. The first-order valence-electron chi connectivity index (χ1n) is 9.88. The van der Waals surface area contributed by atoms with Crippen LogP contribution in [0.5, 0.6) is 0 Å². The Bertz CT molecular complexity index is 1100. The van der Waals surface area contributed by atoms with E-state index in [4.69, 9.17) is 16.3 Å². The van der Waals surface area contributed by atoms with E-state index in [1.807, 2.05) is 48.5 Å². The molecule has 3 aromatic rings. The number of carbonyl (C=O) groups excluding carboxylic acids is 1. The minimum atomic E-state index is -0.263. The maximum atomic E-state index is 11.6. The van der Waals surface area contributed by atoms with Gasteiger partial charge in [0, 0.05) is 36.2 Å². The summed E-state index contributed by atoms with van der Waals surface area (Å²) in [5.74, 6) is 0.203. The Morgan fingerprint density at radius 2 is 1.97 bits per heavy atom. The normalized spacial score (nSPS) is 13.5. The average Bonchev–Trinajstić information content (AvgIpc) is 2.81. The second-order valence-corrected chi connectivity index (χ2v) is 7.34. The molecule has 4 rings (SSSR count). The number of nitrogens with zero attached hydrogens (tertiary/aromatic N) is 3. The molecule has 0 radical (unpaired) electrons. The van der Waals surface area contributed by atoms with Gasteiger partial charge in [0.25, 0.3) is 0 Å². The van der Waals surface area contributed by atoms with Crippen molar-refractivity contribution < 1.29 is 9.53 Å². The number of anilines is 4. The van der Waals surface area contributed by atoms with Crippen molar-refractivity contribution in [2.45, 2.75) is 0 Å². The van der Waals surface area contributed by atoms with E-state index in [0.29, 0.717) is 29.9 Å². The Morgan fingerprint density at radius 3 is 2.77 bits per heavy atom. The number of carbonyl (C=O) groups is 1. The molecule has 2 heterocycles. The lowest BCUT2D eigenvalue weighted by molar-refractivity contribution is -0.111. The van der Waals surface area contributed by atoms with Crippen molar-refractivity contribution in [1.82, 2.24) is 9.97 Å². The SMILES string of the molecule is C=CC(=O)Nc1cccc(-c2ccnc(Nc3ccc(Cl)c(N4CCOCC4)c3)n2)c1. The van der Waals surface area contributed by atoms with Gasteiger partial charge in [-0.25, -0.2) is 9.97 Å². The fourth-order valence-electron chi connectivity index (χ4n) is 3.30. The van der Waals surface area contributed by atoms with Gasteiger partial charge in [-0.3, -0.25) is 4.79 Å². The Morgan fingerprint density at radius 1 is 1.13 bits per heavy atom. The molecule has 0 atom stereocenters. The van der Waals surface area contributed by atoms with Crippen LogP contribution in [0, 0.1) is 0 Å². The maximum absolute atomic E-state index is 11.6. The van der Waals surface area contributed by atoms with Crippen LogP contribution < -0.4 is 15.5 Å². The van der Waals surface area contributed by atoms with Gasteiger partial charge in [-0.05, 0) is 42.5 Å². The number of hydrogen-bond acceptors (Lipinski definition) is 6. The van der Waals surface area contributed by atoms with E-state index in [1.165, 1.54) is 6.08 Å². The van der Waals surface area contributed by atoms with Gasteiger partial charge >= 0.3 is 0 Å². The predicted octanol–water partition coefficient (Wildman–Crippen LogP) is 4.50. The quantitative estimate of drug-likeness (QED) is 0.555. The summed E-state index contributed by atoms with van der Waals surface area (Å²) in [4.78, 5) is 22.7. The Labute approximate surface area is 185 Å². The summed E-state index contributed by atoms with van der Waals surface area (Å²) in [6.45, 7) is 6.44. The molecule has 0 unspecified atom stereocenters. The van der Waals surface area contributed by atoms with Crippen molar-refractivity contribution in [1.29, 1.82) is 0 Å². The van der Waals surface area contributed by atoms with Gasteiger partial charge in [0.05, 0.1) is 29.6 Å². The number of rotatable bonds is 6. The molecule has 0 saturated carbocycles. The standard InChI is InChI=1S/C23H22ClN5O2/c1-2-22(30)26-17-5-3-4-16(14-17)20-8-9-25-23(28-20)27-18-6-7-19(24)21(15-18)29-10-12-31-13-11-29/h2-9,14-15H,1,10-13H2,(H,26,30)(H,25,27,28). The highest BCUT2D eigenvalue weighted by Gasteiger charge is 2.15. The Hall–Kier alpha value is -3.42. The number of ether oxygens (including phenoxy) is 1. The van der Waals surface area contributed by atoms with Gasteiger partial charge in [-0.1, -0.05) is 30.3 Å². The van der Waals surface area contributed by atoms with E-state index in [-0.39, 0.29) is 5.91 Å². The molecule has 2 N–H and O–H groups in total. The molecular formula is C23H22ClN5O2. The third-order valence-electron chi connectivity index (χ3n) is 4.82. The van der Waals surface area contributed by atoms with E-state index < -0.39 is 0 Å². The smallest absolute Gasteiger partial charge is 0.247 e. The van der Waals surface area contributed by atoms with Crippen molar-refractivity contribution in [3.8, 4) is 11.3 Å². The molecule has 31 heavy (non-hydrogen) atoms. The first-order chi connectivity index (χ1) is 15.1. The second-order valence-electron chi connectivity index (χ2n) is 6.93. The zero-order chi connectivity index (χ0) is 21.6. The molecule has 2 aromatic carbocycles. The van der Waals surface area contributed by atoms with Crippen LogP contribution in [0.2, 0.25) is 5.02 Å². The number of nitrogens with one attached hydrogen (secondary N) is 2. The minimum absolute atomic E-state index is 0.263. The van der Waals surface area contributed by atoms with Gasteiger partial charge in [-0.15, -0.1) is 0 Å². The van der Waals surface area contributed by atoms with E-state index in [2.05, 4.69) is 32.1 Å². The molecule has 1 amide bonds. The molecule has 7 nitrogen and oxygen atoms in total. The van der Waals surface area contributed by atoms with Crippen LogP contribution >= 0.6 is 11.6 Å². The van der Waals surface area contributed by atoms with Crippen molar-refractivity contribution in [3.05, 3.63) is 72.4 Å². The summed E-state index contributed by atoms with van der Waals surface area (Å²) in [5.41, 5.74) is 4.06. The Balaban J connectivity index is 1.55. The second kappa shape index (κ2) is 9.59. The summed E-state index contributed by atoms with van der Waals surface area (Å²) in [6.07, 6.45) is 2.93. The lowest BCUT2D eigenvalue weighted by atomic mass is 10.1. The van der Waals surface area contributed by atoms with Crippen LogP contribution in [0.25, 0.3) is 11.3 Å². The molecule has 8 heteroatoms. The van der Waals surface area contributed by atoms with Crippen LogP contribution in [-0.4, -0.2) is 42.2 Å². The molecule has 1 aromatic heterocycles. The van der Waals surface area contributed by atoms with E-state index in [1.54, 1.807) is 6.20 Å². The van der Waals surface area contributed by atoms with E-state index in [9.17, 15) is 4.79 Å². The van der Waals surface area contributed by atoms with Crippen LogP contribution in [0.4, 0.5) is 23.0 Å². The van der Waals surface area contributed by atoms with Crippen LogP contribution in [0.1, 0.15) is 0 Å². The molecule has 0 spiro atoms. The van der Waals surface area contributed by atoms with Gasteiger partial charge in [0.2, 0.25) is 11.9 Å². The third-order valence-corrected chi connectivity index (χ3v) is 5.14. The summed E-state index contributed by atoms with van der Waals surface area (Å²) in [5, 5.41) is 6.71. The largest absolute Gasteiger partial charge is 0.378 e. The van der Waals surface area contributed by atoms with Crippen LogP contribution in [0.3, 0.4) is 0 Å². The lowest BCUT2D eigenvalue weighted by Gasteiger charge is -2.29. The van der Waals surface area contributed by atoms with Gasteiger partial charge in [0.15, 0.2) is 0 Å². The molecule has 1 aliphatic rings. The zero-order valence-electron chi connectivity index (χ0n) is 16.8. The first kappa shape index (κ1) is 20.8. The highest BCUT2D eigenvalue weighted by molar-refractivity contribution is 6.33. The molecular weight excluding hydrogens is 414 g/mol. The van der Waals surface area contributed by atoms with Gasteiger partial charge < -0.3 is 20.3 Å². The summed E-state index contributed by atoms with van der Waals surface area (Å²) in [7, 11) is 0. The van der Waals surface area contributed by atoms with Crippen molar-refractivity contribution in [3.63, 3.8) is 0 Å². The molecule has 1 saturated heterocycles. The summed E-state index contributed by atoms with van der Waals surface area (Å²) < 4.78 is 5.43. The van der Waals surface area contributed by atoms with E-state index >= 15 is 0 Å². The van der Waals surface area contributed by atoms with Crippen LogP contribution in [0.15, 0.2) is 67.4 Å². The Kier molecular flexibility index (Phi) is 6.45.